The summed E-state index contributed by atoms with van der Waals surface area (Å²) in [4.78, 5) is 11.7. The summed E-state index contributed by atoms with van der Waals surface area (Å²) in [6.07, 6.45) is -9.17. The first-order valence-corrected chi connectivity index (χ1v) is 8.75. The number of carbonyl (C=O) groups excluding carboxylic acids is 1. The Morgan fingerprint density at radius 1 is 1.04 bits per heavy atom. The van der Waals surface area contributed by atoms with Crippen LogP contribution in [0.25, 0.3) is 11.1 Å². The minimum Gasteiger partial charge on any atom is -0.334 e. The third kappa shape index (κ3) is 5.63. The Hall–Kier alpha value is -2.23. The lowest BCUT2D eigenvalue weighted by Crippen LogP contribution is -2.47. The third-order valence-corrected chi connectivity index (χ3v) is 4.57. The minimum absolute atomic E-state index is 0.200. The summed E-state index contributed by atoms with van der Waals surface area (Å²) >= 11 is 3.27. The van der Waals surface area contributed by atoms with E-state index < -0.39 is 30.0 Å². The van der Waals surface area contributed by atoms with Crippen molar-refractivity contribution in [1.29, 1.82) is 0 Å². The van der Waals surface area contributed by atoms with Gasteiger partial charge in [-0.05, 0) is 41.8 Å². The SMILES string of the molecule is C[C@H](NC(=O)NCc1ccc(C(F)(F)F)cc1-c1ccccc1Br)C(F)(F)F. The molecule has 0 saturated heterocycles. The van der Waals surface area contributed by atoms with Crippen LogP contribution >= 0.6 is 15.9 Å². The van der Waals surface area contributed by atoms with Gasteiger partial charge in [0, 0.05) is 11.0 Å². The van der Waals surface area contributed by atoms with Crippen LogP contribution in [0.1, 0.15) is 18.1 Å². The summed E-state index contributed by atoms with van der Waals surface area (Å²) in [7, 11) is 0. The number of benzene rings is 2. The largest absolute Gasteiger partial charge is 0.416 e. The molecule has 3 nitrogen and oxygen atoms in total. The molecule has 1 atom stereocenters. The summed E-state index contributed by atoms with van der Waals surface area (Å²) < 4.78 is 77.3. The molecule has 0 aliphatic heterocycles. The zero-order valence-electron chi connectivity index (χ0n) is 14.4. The Balaban J connectivity index is 2.29. The van der Waals surface area contributed by atoms with Crippen LogP contribution in [0.15, 0.2) is 46.9 Å². The average Bonchev–Trinajstić information content (AvgIpc) is 2.58. The first-order valence-electron chi connectivity index (χ1n) is 7.95. The van der Waals surface area contributed by atoms with Gasteiger partial charge in [-0.1, -0.05) is 40.2 Å². The molecule has 0 unspecified atom stereocenters. The van der Waals surface area contributed by atoms with E-state index in [0.717, 1.165) is 19.1 Å². The molecule has 2 aromatic rings. The number of hydrogen-bond acceptors (Lipinski definition) is 1. The molecular formula is C18H15BrF6N2O. The van der Waals surface area contributed by atoms with E-state index in [1.165, 1.54) is 6.07 Å². The number of nitrogens with one attached hydrogen (secondary N) is 2. The molecule has 152 valence electrons. The van der Waals surface area contributed by atoms with Gasteiger partial charge in [0.2, 0.25) is 0 Å². The molecule has 0 bridgehead atoms. The van der Waals surface area contributed by atoms with Crippen molar-refractivity contribution in [3.63, 3.8) is 0 Å². The third-order valence-electron chi connectivity index (χ3n) is 3.88. The Kier molecular flexibility index (Phi) is 6.63. The number of rotatable bonds is 4. The summed E-state index contributed by atoms with van der Waals surface area (Å²) in [6.45, 7) is 0.523. The normalized spacial score (nSPS) is 13.1. The molecule has 2 rings (SSSR count). The van der Waals surface area contributed by atoms with Crippen molar-refractivity contribution in [3.05, 3.63) is 58.1 Å². The fourth-order valence-corrected chi connectivity index (χ4v) is 2.84. The van der Waals surface area contributed by atoms with Gasteiger partial charge in [0.1, 0.15) is 6.04 Å². The maximum Gasteiger partial charge on any atom is 0.416 e. The molecule has 0 heterocycles. The second-order valence-electron chi connectivity index (χ2n) is 5.94. The molecule has 10 heteroatoms. The summed E-state index contributed by atoms with van der Waals surface area (Å²) in [5.74, 6) is 0. The minimum atomic E-state index is -4.61. The van der Waals surface area contributed by atoms with Crippen LogP contribution in [0.3, 0.4) is 0 Å². The van der Waals surface area contributed by atoms with E-state index in [1.807, 2.05) is 0 Å². The molecule has 0 aliphatic rings. The van der Waals surface area contributed by atoms with Crippen molar-refractivity contribution in [1.82, 2.24) is 10.6 Å². The maximum absolute atomic E-state index is 13.1. The molecule has 0 saturated carbocycles. The van der Waals surface area contributed by atoms with Crippen LogP contribution in [0.2, 0.25) is 0 Å². The van der Waals surface area contributed by atoms with Crippen molar-refractivity contribution < 1.29 is 31.1 Å². The van der Waals surface area contributed by atoms with Gasteiger partial charge >= 0.3 is 18.4 Å². The predicted molar refractivity (Wildman–Crippen MR) is 95.5 cm³/mol. The highest BCUT2D eigenvalue weighted by atomic mass is 79.9. The number of urea groups is 1. The van der Waals surface area contributed by atoms with Crippen LogP contribution < -0.4 is 10.6 Å². The van der Waals surface area contributed by atoms with E-state index in [1.54, 1.807) is 29.6 Å². The van der Waals surface area contributed by atoms with Crippen LogP contribution in [-0.4, -0.2) is 18.2 Å². The molecule has 0 fully saturated rings. The van der Waals surface area contributed by atoms with E-state index >= 15 is 0 Å². The van der Waals surface area contributed by atoms with Crippen molar-refractivity contribution in [2.75, 3.05) is 0 Å². The summed E-state index contributed by atoms with van der Waals surface area (Å²) in [5.41, 5.74) is 0.0906. The van der Waals surface area contributed by atoms with E-state index in [9.17, 15) is 31.1 Å². The van der Waals surface area contributed by atoms with Crippen LogP contribution in [0, 0.1) is 0 Å². The molecule has 28 heavy (non-hydrogen) atoms. The Bertz CT molecular complexity index is 851. The average molecular weight is 469 g/mol. The van der Waals surface area contributed by atoms with Gasteiger partial charge in [-0.15, -0.1) is 0 Å². The number of hydrogen-bond donors (Lipinski definition) is 2. The first kappa shape index (κ1) is 22.1. The highest BCUT2D eigenvalue weighted by Gasteiger charge is 2.37. The first-order chi connectivity index (χ1) is 12.9. The zero-order valence-corrected chi connectivity index (χ0v) is 16.0. The number of amides is 2. The smallest absolute Gasteiger partial charge is 0.334 e. The van der Waals surface area contributed by atoms with Gasteiger partial charge < -0.3 is 10.6 Å². The van der Waals surface area contributed by atoms with Crippen molar-refractivity contribution in [2.45, 2.75) is 31.9 Å². The number of alkyl halides is 6. The van der Waals surface area contributed by atoms with Crippen LogP contribution in [0.4, 0.5) is 31.1 Å². The van der Waals surface area contributed by atoms with Gasteiger partial charge in [0.25, 0.3) is 0 Å². The Morgan fingerprint density at radius 3 is 2.25 bits per heavy atom. The molecule has 0 aliphatic carbocycles. The van der Waals surface area contributed by atoms with Gasteiger partial charge in [0.05, 0.1) is 5.56 Å². The standard InChI is InChI=1S/C18H15BrF6N2O/c1-10(17(20,21)22)27-16(28)26-9-11-6-7-12(18(23,24)25)8-14(11)13-4-2-3-5-15(13)19/h2-8,10H,9H2,1H3,(H2,26,27,28)/t10-/m0/s1. The van der Waals surface area contributed by atoms with Crippen molar-refractivity contribution >= 4 is 22.0 Å². The zero-order chi connectivity index (χ0) is 21.1. The number of halogens is 7. The lowest BCUT2D eigenvalue weighted by atomic mass is 9.97. The van der Waals surface area contributed by atoms with Gasteiger partial charge in [-0.25, -0.2) is 4.79 Å². The number of carbonyl (C=O) groups is 1. The fourth-order valence-electron chi connectivity index (χ4n) is 2.34. The highest BCUT2D eigenvalue weighted by Crippen LogP contribution is 2.36. The Labute approximate surface area is 165 Å². The van der Waals surface area contributed by atoms with Gasteiger partial charge in [-0.2, -0.15) is 26.3 Å². The van der Waals surface area contributed by atoms with Crippen molar-refractivity contribution in [2.24, 2.45) is 0 Å². The maximum atomic E-state index is 13.1. The molecule has 2 aromatic carbocycles. The summed E-state index contributed by atoms with van der Waals surface area (Å²) in [6, 6.07) is 6.39. The van der Waals surface area contributed by atoms with E-state index in [0.29, 0.717) is 15.6 Å². The molecule has 0 spiro atoms. The molecule has 0 aromatic heterocycles. The van der Waals surface area contributed by atoms with Gasteiger partial charge in [0.15, 0.2) is 0 Å². The molecule has 2 amide bonds. The second kappa shape index (κ2) is 8.42. The topological polar surface area (TPSA) is 41.1 Å². The Morgan fingerprint density at radius 2 is 1.68 bits per heavy atom. The van der Waals surface area contributed by atoms with E-state index in [2.05, 4.69) is 21.2 Å². The monoisotopic (exact) mass is 468 g/mol. The molecular weight excluding hydrogens is 454 g/mol. The second-order valence-corrected chi connectivity index (χ2v) is 6.79. The molecule has 0 radical (unpaired) electrons. The van der Waals surface area contributed by atoms with Crippen molar-refractivity contribution in [3.8, 4) is 11.1 Å². The lowest BCUT2D eigenvalue weighted by Gasteiger charge is -2.19. The van der Waals surface area contributed by atoms with Gasteiger partial charge in [-0.3, -0.25) is 0 Å². The molecule has 2 N–H and O–H groups in total. The van der Waals surface area contributed by atoms with Crippen LogP contribution in [-0.2, 0) is 12.7 Å². The van der Waals surface area contributed by atoms with Crippen LogP contribution in [0.5, 0.6) is 0 Å². The fraction of sp³-hybridized carbons (Fsp3) is 0.278. The quantitative estimate of drug-likeness (QED) is 0.540. The summed E-state index contributed by atoms with van der Waals surface area (Å²) in [5, 5.41) is 3.98. The van der Waals surface area contributed by atoms with E-state index in [4.69, 9.17) is 0 Å². The highest BCUT2D eigenvalue weighted by molar-refractivity contribution is 9.10. The lowest BCUT2D eigenvalue weighted by molar-refractivity contribution is -0.148. The van der Waals surface area contributed by atoms with E-state index in [-0.39, 0.29) is 12.1 Å². The predicted octanol–water partition coefficient (Wildman–Crippen LogP) is 5.88.